The van der Waals surface area contributed by atoms with Gasteiger partial charge in [0.1, 0.15) is 11.6 Å². The van der Waals surface area contributed by atoms with E-state index in [1.54, 1.807) is 0 Å². The first-order chi connectivity index (χ1) is 12.7. The Balaban J connectivity index is 1.40. The SMILES string of the molecule is Cc1cc(N2CCC(c3nc(N)n[nH]3)CC2)nc2cc3c(cc12)CCC3. The molecule has 3 heterocycles. The molecule has 6 nitrogen and oxygen atoms in total. The van der Waals surface area contributed by atoms with E-state index in [-0.39, 0.29) is 0 Å². The second-order valence-corrected chi connectivity index (χ2v) is 7.63. The standard InChI is InChI=1S/C20H24N6/c1-12-9-18(22-17-11-15-4-2-3-14(15)10-16(12)17)26-7-5-13(6-8-26)19-23-20(21)25-24-19/h9-11,13H,2-8H2,1H3,(H3,21,23,24,25). The number of rotatable bonds is 2. The molecule has 134 valence electrons. The molecule has 0 bridgehead atoms. The summed E-state index contributed by atoms with van der Waals surface area (Å²) >= 11 is 0. The number of aryl methyl sites for hydroxylation is 3. The van der Waals surface area contributed by atoms with Crippen molar-refractivity contribution in [1.29, 1.82) is 0 Å². The molecular weight excluding hydrogens is 324 g/mol. The molecule has 3 N–H and O–H groups in total. The van der Waals surface area contributed by atoms with Gasteiger partial charge in [-0.1, -0.05) is 0 Å². The third-order valence-corrected chi connectivity index (χ3v) is 5.94. The van der Waals surface area contributed by atoms with Gasteiger partial charge in [-0.3, -0.25) is 5.10 Å². The zero-order valence-electron chi connectivity index (χ0n) is 15.1. The maximum Gasteiger partial charge on any atom is 0.239 e. The van der Waals surface area contributed by atoms with Gasteiger partial charge in [0, 0.05) is 24.4 Å². The number of nitrogens with two attached hydrogens (primary N) is 1. The van der Waals surface area contributed by atoms with E-state index in [1.165, 1.54) is 41.3 Å². The van der Waals surface area contributed by atoms with E-state index in [9.17, 15) is 0 Å². The van der Waals surface area contributed by atoms with Crippen molar-refractivity contribution in [3.63, 3.8) is 0 Å². The number of hydrogen-bond acceptors (Lipinski definition) is 5. The molecule has 0 atom stereocenters. The number of aromatic nitrogens is 4. The summed E-state index contributed by atoms with van der Waals surface area (Å²) in [7, 11) is 0. The molecule has 0 amide bonds. The van der Waals surface area contributed by atoms with Gasteiger partial charge >= 0.3 is 0 Å². The minimum atomic E-state index is 0.335. The van der Waals surface area contributed by atoms with Crippen LogP contribution < -0.4 is 10.6 Å². The quantitative estimate of drug-likeness (QED) is 0.743. The predicted octanol–water partition coefficient (Wildman–Crippen LogP) is 3.12. The lowest BCUT2D eigenvalue weighted by molar-refractivity contribution is 0.485. The van der Waals surface area contributed by atoms with Gasteiger partial charge in [0.05, 0.1) is 5.52 Å². The number of nitrogen functional groups attached to an aromatic ring is 1. The van der Waals surface area contributed by atoms with Crippen LogP contribution in [0.2, 0.25) is 0 Å². The van der Waals surface area contributed by atoms with Gasteiger partial charge in [-0.25, -0.2) is 4.98 Å². The van der Waals surface area contributed by atoms with E-state index in [2.05, 4.69) is 45.2 Å². The topological polar surface area (TPSA) is 83.7 Å². The van der Waals surface area contributed by atoms with Crippen LogP contribution in [0.4, 0.5) is 11.8 Å². The number of piperidine rings is 1. The minimum absolute atomic E-state index is 0.335. The molecule has 2 aliphatic rings. The zero-order valence-corrected chi connectivity index (χ0v) is 15.1. The average Bonchev–Trinajstić information content (AvgIpc) is 3.28. The molecular formula is C20H24N6. The Kier molecular flexibility index (Phi) is 3.58. The van der Waals surface area contributed by atoms with E-state index in [0.29, 0.717) is 11.9 Å². The molecule has 2 aromatic heterocycles. The normalized spacial score (nSPS) is 17.8. The number of nitrogens with one attached hydrogen (secondary N) is 1. The lowest BCUT2D eigenvalue weighted by Gasteiger charge is -2.32. The highest BCUT2D eigenvalue weighted by Gasteiger charge is 2.24. The van der Waals surface area contributed by atoms with Crippen molar-refractivity contribution in [3.8, 4) is 0 Å². The molecule has 0 saturated carbocycles. The smallest absolute Gasteiger partial charge is 0.239 e. The van der Waals surface area contributed by atoms with Crippen molar-refractivity contribution < 1.29 is 0 Å². The molecule has 1 aliphatic carbocycles. The molecule has 5 rings (SSSR count). The number of benzene rings is 1. The molecule has 0 unspecified atom stereocenters. The summed E-state index contributed by atoms with van der Waals surface area (Å²) in [5, 5.41) is 8.23. The number of hydrogen-bond donors (Lipinski definition) is 2. The van der Waals surface area contributed by atoms with Crippen molar-refractivity contribution in [2.24, 2.45) is 0 Å². The third kappa shape index (κ3) is 2.60. The summed E-state index contributed by atoms with van der Waals surface area (Å²) < 4.78 is 0. The molecule has 3 aromatic rings. The van der Waals surface area contributed by atoms with E-state index in [0.717, 1.165) is 43.1 Å². The van der Waals surface area contributed by atoms with Crippen LogP contribution in [0.5, 0.6) is 0 Å². The van der Waals surface area contributed by atoms with E-state index >= 15 is 0 Å². The number of pyridine rings is 1. The maximum atomic E-state index is 5.64. The Morgan fingerprint density at radius 3 is 2.58 bits per heavy atom. The first-order valence-electron chi connectivity index (χ1n) is 9.53. The van der Waals surface area contributed by atoms with Crippen LogP contribution in [-0.4, -0.2) is 33.3 Å². The van der Waals surface area contributed by atoms with Crippen LogP contribution in [0.15, 0.2) is 18.2 Å². The highest BCUT2D eigenvalue weighted by Crippen LogP contribution is 2.32. The molecule has 26 heavy (non-hydrogen) atoms. The van der Waals surface area contributed by atoms with E-state index < -0.39 is 0 Å². The minimum Gasteiger partial charge on any atom is -0.367 e. The fourth-order valence-electron chi connectivity index (χ4n) is 4.46. The monoisotopic (exact) mass is 348 g/mol. The van der Waals surface area contributed by atoms with E-state index in [4.69, 9.17) is 10.7 Å². The van der Waals surface area contributed by atoms with Gasteiger partial charge in [0.15, 0.2) is 0 Å². The van der Waals surface area contributed by atoms with Crippen molar-refractivity contribution >= 4 is 22.7 Å². The van der Waals surface area contributed by atoms with Crippen LogP contribution in [0, 0.1) is 6.92 Å². The number of nitrogens with zero attached hydrogens (tertiary/aromatic N) is 4. The first-order valence-corrected chi connectivity index (χ1v) is 9.53. The predicted molar refractivity (Wildman–Crippen MR) is 103 cm³/mol. The van der Waals surface area contributed by atoms with Crippen LogP contribution in [-0.2, 0) is 12.8 Å². The van der Waals surface area contributed by atoms with Crippen LogP contribution in [0.3, 0.4) is 0 Å². The average molecular weight is 348 g/mol. The largest absolute Gasteiger partial charge is 0.367 e. The molecule has 0 radical (unpaired) electrons. The Hall–Kier alpha value is -2.63. The van der Waals surface area contributed by atoms with Crippen LogP contribution in [0.25, 0.3) is 10.9 Å². The van der Waals surface area contributed by atoms with Crippen molar-refractivity contribution in [3.05, 3.63) is 40.7 Å². The lowest BCUT2D eigenvalue weighted by Crippen LogP contribution is -2.33. The number of aromatic amines is 1. The summed E-state index contributed by atoms with van der Waals surface area (Å²) in [5.41, 5.74) is 11.1. The lowest BCUT2D eigenvalue weighted by atomic mass is 9.96. The van der Waals surface area contributed by atoms with Gasteiger partial charge in [-0.2, -0.15) is 4.98 Å². The zero-order chi connectivity index (χ0) is 17.7. The second kappa shape index (κ2) is 5.97. The van der Waals surface area contributed by atoms with Gasteiger partial charge in [-0.15, -0.1) is 5.10 Å². The molecule has 0 spiro atoms. The fourth-order valence-corrected chi connectivity index (χ4v) is 4.46. The van der Waals surface area contributed by atoms with Gasteiger partial charge in [0.2, 0.25) is 5.95 Å². The molecule has 1 fully saturated rings. The first kappa shape index (κ1) is 15.6. The number of fused-ring (bicyclic) bond motifs is 2. The Labute approximate surface area is 152 Å². The number of H-pyrrole nitrogens is 1. The fraction of sp³-hybridized carbons (Fsp3) is 0.450. The van der Waals surface area contributed by atoms with Crippen LogP contribution >= 0.6 is 0 Å². The summed E-state index contributed by atoms with van der Waals surface area (Å²) in [6.07, 6.45) is 5.76. The summed E-state index contributed by atoms with van der Waals surface area (Å²) in [5.74, 6) is 2.76. The van der Waals surface area contributed by atoms with E-state index in [1.807, 2.05) is 0 Å². The highest BCUT2D eigenvalue weighted by molar-refractivity contribution is 5.85. The van der Waals surface area contributed by atoms with Gasteiger partial charge in [0.25, 0.3) is 0 Å². The van der Waals surface area contributed by atoms with Crippen molar-refractivity contribution in [1.82, 2.24) is 20.2 Å². The molecule has 1 saturated heterocycles. The maximum absolute atomic E-state index is 5.64. The second-order valence-electron chi connectivity index (χ2n) is 7.63. The Bertz CT molecular complexity index is 968. The molecule has 1 aliphatic heterocycles. The van der Waals surface area contributed by atoms with Crippen molar-refractivity contribution in [2.45, 2.75) is 44.9 Å². The molecule has 6 heteroatoms. The van der Waals surface area contributed by atoms with Crippen LogP contribution in [0.1, 0.15) is 47.7 Å². The summed E-state index contributed by atoms with van der Waals surface area (Å²) in [6.45, 7) is 4.17. The summed E-state index contributed by atoms with van der Waals surface area (Å²) in [6, 6.07) is 6.93. The number of anilines is 2. The summed E-state index contributed by atoms with van der Waals surface area (Å²) in [4.78, 5) is 11.7. The Morgan fingerprint density at radius 1 is 1.08 bits per heavy atom. The molecule has 1 aromatic carbocycles. The van der Waals surface area contributed by atoms with Crippen molar-refractivity contribution in [2.75, 3.05) is 23.7 Å². The third-order valence-electron chi connectivity index (χ3n) is 5.94. The van der Waals surface area contributed by atoms with Gasteiger partial charge in [-0.05, 0) is 73.9 Å². The Morgan fingerprint density at radius 2 is 1.85 bits per heavy atom. The van der Waals surface area contributed by atoms with Gasteiger partial charge < -0.3 is 10.6 Å². The highest BCUT2D eigenvalue weighted by atomic mass is 15.3.